The standard InChI is InChI=1S/C10H15FN2/c1-8(6-7-12)13-10-5-3-2-4-9(10)11/h2-5,8,13H,6-7,12H2,1H3. The zero-order valence-electron chi connectivity index (χ0n) is 7.76. The number of hydrogen-bond acceptors (Lipinski definition) is 2. The van der Waals surface area contributed by atoms with Gasteiger partial charge in [-0.25, -0.2) is 4.39 Å². The fourth-order valence-electron chi connectivity index (χ4n) is 1.17. The average molecular weight is 182 g/mol. The molecule has 0 aromatic heterocycles. The molecule has 0 aliphatic carbocycles. The van der Waals surface area contributed by atoms with Crippen LogP contribution in [0.5, 0.6) is 0 Å². The maximum atomic E-state index is 13.1. The van der Waals surface area contributed by atoms with Crippen molar-refractivity contribution in [1.82, 2.24) is 0 Å². The maximum Gasteiger partial charge on any atom is 0.146 e. The second kappa shape index (κ2) is 4.82. The first-order valence-corrected chi connectivity index (χ1v) is 4.45. The molecule has 0 aliphatic rings. The van der Waals surface area contributed by atoms with E-state index >= 15 is 0 Å². The van der Waals surface area contributed by atoms with Crippen molar-refractivity contribution >= 4 is 5.69 Å². The van der Waals surface area contributed by atoms with E-state index in [-0.39, 0.29) is 11.9 Å². The monoisotopic (exact) mass is 182 g/mol. The predicted molar refractivity (Wildman–Crippen MR) is 53.2 cm³/mol. The number of halogens is 1. The van der Waals surface area contributed by atoms with Gasteiger partial charge >= 0.3 is 0 Å². The highest BCUT2D eigenvalue weighted by molar-refractivity contribution is 5.44. The summed E-state index contributed by atoms with van der Waals surface area (Å²) in [6.45, 7) is 2.60. The lowest BCUT2D eigenvalue weighted by atomic mass is 10.2. The van der Waals surface area contributed by atoms with E-state index in [9.17, 15) is 4.39 Å². The fourth-order valence-corrected chi connectivity index (χ4v) is 1.17. The van der Waals surface area contributed by atoms with Gasteiger partial charge in [-0.05, 0) is 32.0 Å². The minimum Gasteiger partial charge on any atom is -0.380 e. The molecule has 1 atom stereocenters. The summed E-state index contributed by atoms with van der Waals surface area (Å²) >= 11 is 0. The lowest BCUT2D eigenvalue weighted by molar-refractivity contribution is 0.623. The van der Waals surface area contributed by atoms with Gasteiger partial charge in [0.25, 0.3) is 0 Å². The molecule has 0 amide bonds. The van der Waals surface area contributed by atoms with Crippen LogP contribution in [-0.4, -0.2) is 12.6 Å². The highest BCUT2D eigenvalue weighted by atomic mass is 19.1. The third kappa shape index (κ3) is 3.03. The summed E-state index contributed by atoms with van der Waals surface area (Å²) in [7, 11) is 0. The van der Waals surface area contributed by atoms with Crippen LogP contribution in [0.25, 0.3) is 0 Å². The molecule has 3 heteroatoms. The van der Waals surface area contributed by atoms with E-state index in [4.69, 9.17) is 5.73 Å². The first kappa shape index (κ1) is 9.99. The van der Waals surface area contributed by atoms with Gasteiger partial charge in [0, 0.05) is 6.04 Å². The van der Waals surface area contributed by atoms with Gasteiger partial charge in [-0.1, -0.05) is 12.1 Å². The Morgan fingerprint density at radius 3 is 2.77 bits per heavy atom. The highest BCUT2D eigenvalue weighted by Gasteiger charge is 2.03. The molecule has 1 aromatic rings. The first-order valence-electron chi connectivity index (χ1n) is 4.45. The molecule has 3 N–H and O–H groups in total. The molecule has 0 aliphatic heterocycles. The van der Waals surface area contributed by atoms with Crippen molar-refractivity contribution in [3.05, 3.63) is 30.1 Å². The second-order valence-corrected chi connectivity index (χ2v) is 3.10. The van der Waals surface area contributed by atoms with Crippen molar-refractivity contribution in [3.8, 4) is 0 Å². The van der Waals surface area contributed by atoms with Gasteiger partial charge in [0.05, 0.1) is 5.69 Å². The Bertz CT molecular complexity index is 263. The molecule has 1 unspecified atom stereocenters. The molecule has 0 spiro atoms. The van der Waals surface area contributed by atoms with E-state index < -0.39 is 0 Å². The van der Waals surface area contributed by atoms with Crippen LogP contribution in [-0.2, 0) is 0 Å². The van der Waals surface area contributed by atoms with Crippen LogP contribution in [0.3, 0.4) is 0 Å². The molecule has 0 radical (unpaired) electrons. The Hall–Kier alpha value is -1.09. The van der Waals surface area contributed by atoms with E-state index in [1.165, 1.54) is 6.07 Å². The lowest BCUT2D eigenvalue weighted by Crippen LogP contribution is -2.19. The molecule has 0 fully saturated rings. The predicted octanol–water partition coefficient (Wildman–Crippen LogP) is 1.97. The molecule has 0 bridgehead atoms. The number of anilines is 1. The Balaban J connectivity index is 2.58. The van der Waals surface area contributed by atoms with Crippen LogP contribution in [0, 0.1) is 5.82 Å². The Morgan fingerprint density at radius 1 is 1.46 bits per heavy atom. The van der Waals surface area contributed by atoms with E-state index in [1.54, 1.807) is 18.2 Å². The third-order valence-electron chi connectivity index (χ3n) is 1.88. The molecule has 1 aromatic carbocycles. The average Bonchev–Trinajstić information content (AvgIpc) is 2.09. The molecule has 13 heavy (non-hydrogen) atoms. The zero-order valence-corrected chi connectivity index (χ0v) is 7.76. The van der Waals surface area contributed by atoms with Gasteiger partial charge in [-0.15, -0.1) is 0 Å². The van der Waals surface area contributed by atoms with Crippen molar-refractivity contribution in [1.29, 1.82) is 0 Å². The van der Waals surface area contributed by atoms with Crippen molar-refractivity contribution in [3.63, 3.8) is 0 Å². The van der Waals surface area contributed by atoms with Crippen LogP contribution in [0.4, 0.5) is 10.1 Å². The summed E-state index contributed by atoms with van der Waals surface area (Å²) in [5.74, 6) is -0.216. The van der Waals surface area contributed by atoms with Gasteiger partial charge in [-0.2, -0.15) is 0 Å². The fraction of sp³-hybridized carbons (Fsp3) is 0.400. The Kier molecular flexibility index (Phi) is 3.71. The van der Waals surface area contributed by atoms with Crippen LogP contribution < -0.4 is 11.1 Å². The van der Waals surface area contributed by atoms with Crippen molar-refractivity contribution in [2.75, 3.05) is 11.9 Å². The Labute approximate surface area is 77.9 Å². The van der Waals surface area contributed by atoms with E-state index in [1.807, 2.05) is 6.92 Å². The summed E-state index contributed by atoms with van der Waals surface area (Å²) in [5.41, 5.74) is 5.93. The molecule has 0 saturated carbocycles. The summed E-state index contributed by atoms with van der Waals surface area (Å²) < 4.78 is 13.1. The highest BCUT2D eigenvalue weighted by Crippen LogP contribution is 2.13. The zero-order chi connectivity index (χ0) is 9.68. The molecule has 0 saturated heterocycles. The summed E-state index contributed by atoms with van der Waals surface area (Å²) in [4.78, 5) is 0. The number of nitrogens with one attached hydrogen (secondary N) is 1. The van der Waals surface area contributed by atoms with Gasteiger partial charge in [-0.3, -0.25) is 0 Å². The van der Waals surface area contributed by atoms with E-state index in [0.717, 1.165) is 6.42 Å². The normalized spacial score (nSPS) is 12.5. The van der Waals surface area contributed by atoms with Crippen molar-refractivity contribution in [2.24, 2.45) is 5.73 Å². The van der Waals surface area contributed by atoms with Crippen LogP contribution in [0.15, 0.2) is 24.3 Å². The topological polar surface area (TPSA) is 38.0 Å². The summed E-state index contributed by atoms with van der Waals surface area (Å²) in [6.07, 6.45) is 0.842. The molecular weight excluding hydrogens is 167 g/mol. The van der Waals surface area contributed by atoms with Gasteiger partial charge in [0.2, 0.25) is 0 Å². The number of rotatable bonds is 4. The van der Waals surface area contributed by atoms with Crippen molar-refractivity contribution in [2.45, 2.75) is 19.4 Å². The van der Waals surface area contributed by atoms with Crippen LogP contribution >= 0.6 is 0 Å². The second-order valence-electron chi connectivity index (χ2n) is 3.10. The molecule has 1 rings (SSSR count). The molecular formula is C10H15FN2. The smallest absolute Gasteiger partial charge is 0.146 e. The maximum absolute atomic E-state index is 13.1. The number of para-hydroxylation sites is 1. The van der Waals surface area contributed by atoms with Crippen molar-refractivity contribution < 1.29 is 4.39 Å². The Morgan fingerprint density at radius 2 is 2.15 bits per heavy atom. The lowest BCUT2D eigenvalue weighted by Gasteiger charge is -2.14. The molecule has 0 heterocycles. The number of benzene rings is 1. The SMILES string of the molecule is CC(CCN)Nc1ccccc1F. The minimum absolute atomic E-state index is 0.210. The van der Waals surface area contributed by atoms with E-state index in [2.05, 4.69) is 5.32 Å². The minimum atomic E-state index is -0.216. The van der Waals surface area contributed by atoms with Gasteiger partial charge in [0.1, 0.15) is 5.82 Å². The van der Waals surface area contributed by atoms with E-state index in [0.29, 0.717) is 12.2 Å². The summed E-state index contributed by atoms with van der Waals surface area (Å²) in [5, 5.41) is 3.06. The van der Waals surface area contributed by atoms with Crippen LogP contribution in [0.2, 0.25) is 0 Å². The molecule has 2 nitrogen and oxygen atoms in total. The molecule has 72 valence electrons. The van der Waals surface area contributed by atoms with Crippen LogP contribution in [0.1, 0.15) is 13.3 Å². The number of hydrogen-bond donors (Lipinski definition) is 2. The quantitative estimate of drug-likeness (QED) is 0.747. The first-order chi connectivity index (χ1) is 6.24. The van der Waals surface area contributed by atoms with Gasteiger partial charge < -0.3 is 11.1 Å². The third-order valence-corrected chi connectivity index (χ3v) is 1.88. The largest absolute Gasteiger partial charge is 0.380 e. The van der Waals surface area contributed by atoms with Gasteiger partial charge in [0.15, 0.2) is 0 Å². The summed E-state index contributed by atoms with van der Waals surface area (Å²) in [6, 6.07) is 6.86. The number of nitrogens with two attached hydrogens (primary N) is 1.